The summed E-state index contributed by atoms with van der Waals surface area (Å²) in [6.07, 6.45) is 0. The number of carbonyl (C=O) groups excluding carboxylic acids is 2. The number of carbonyl (C=O) groups is 2. The van der Waals surface area contributed by atoms with Gasteiger partial charge in [0.1, 0.15) is 11.4 Å². The summed E-state index contributed by atoms with van der Waals surface area (Å²) in [4.78, 5) is 24.6. The molecule has 23 heavy (non-hydrogen) atoms. The molecule has 0 saturated heterocycles. The molecule has 2 rings (SSSR count). The Bertz CT molecular complexity index is 716. The number of ether oxygens (including phenoxy) is 2. The van der Waals surface area contributed by atoms with E-state index in [0.29, 0.717) is 29.1 Å². The van der Waals surface area contributed by atoms with Gasteiger partial charge in [-0.1, -0.05) is 18.2 Å². The van der Waals surface area contributed by atoms with E-state index < -0.39 is 5.97 Å². The SMILES string of the molecule is CCn1c(C)c(C(=O)COc2ccccc2)c(C)c1C(=O)OC. The van der Waals surface area contributed by atoms with Gasteiger partial charge in [0, 0.05) is 17.8 Å². The minimum atomic E-state index is -0.435. The van der Waals surface area contributed by atoms with Crippen molar-refractivity contribution in [2.24, 2.45) is 0 Å². The van der Waals surface area contributed by atoms with Gasteiger partial charge in [-0.05, 0) is 38.5 Å². The smallest absolute Gasteiger partial charge is 0.354 e. The molecule has 0 aliphatic rings. The molecule has 0 aliphatic heterocycles. The minimum absolute atomic E-state index is 0.0694. The van der Waals surface area contributed by atoms with Gasteiger partial charge in [0.05, 0.1) is 7.11 Å². The maximum atomic E-state index is 12.6. The number of benzene rings is 1. The fourth-order valence-corrected chi connectivity index (χ4v) is 2.80. The summed E-state index contributed by atoms with van der Waals surface area (Å²) in [5, 5.41) is 0. The molecule has 0 bridgehead atoms. The largest absolute Gasteiger partial charge is 0.485 e. The molecule has 1 heterocycles. The first kappa shape index (κ1) is 16.8. The van der Waals surface area contributed by atoms with Crippen molar-refractivity contribution in [3.63, 3.8) is 0 Å². The van der Waals surface area contributed by atoms with Crippen molar-refractivity contribution in [1.29, 1.82) is 0 Å². The van der Waals surface area contributed by atoms with E-state index in [2.05, 4.69) is 0 Å². The topological polar surface area (TPSA) is 57.5 Å². The van der Waals surface area contributed by atoms with Crippen molar-refractivity contribution >= 4 is 11.8 Å². The molecule has 0 saturated carbocycles. The highest BCUT2D eigenvalue weighted by molar-refractivity contribution is 6.03. The molecule has 5 heteroatoms. The molecule has 5 nitrogen and oxygen atoms in total. The monoisotopic (exact) mass is 315 g/mol. The van der Waals surface area contributed by atoms with Gasteiger partial charge in [-0.15, -0.1) is 0 Å². The molecule has 1 aromatic heterocycles. The number of nitrogens with zero attached hydrogens (tertiary/aromatic N) is 1. The molecule has 2 aromatic rings. The van der Waals surface area contributed by atoms with Gasteiger partial charge >= 0.3 is 5.97 Å². The lowest BCUT2D eigenvalue weighted by molar-refractivity contribution is 0.0587. The number of para-hydroxylation sites is 1. The van der Waals surface area contributed by atoms with Crippen LogP contribution in [0.5, 0.6) is 5.75 Å². The molecule has 0 amide bonds. The fourth-order valence-electron chi connectivity index (χ4n) is 2.80. The quantitative estimate of drug-likeness (QED) is 0.607. The van der Waals surface area contributed by atoms with Crippen LogP contribution in [0.4, 0.5) is 0 Å². The maximum absolute atomic E-state index is 12.6. The van der Waals surface area contributed by atoms with Crippen molar-refractivity contribution in [3.8, 4) is 5.75 Å². The first-order valence-electron chi connectivity index (χ1n) is 7.50. The number of hydrogen-bond acceptors (Lipinski definition) is 4. The van der Waals surface area contributed by atoms with E-state index in [4.69, 9.17) is 9.47 Å². The van der Waals surface area contributed by atoms with Gasteiger partial charge in [-0.3, -0.25) is 4.79 Å². The summed E-state index contributed by atoms with van der Waals surface area (Å²) in [6.45, 7) is 6.04. The second kappa shape index (κ2) is 7.13. The van der Waals surface area contributed by atoms with Crippen LogP contribution in [-0.2, 0) is 11.3 Å². The van der Waals surface area contributed by atoms with E-state index in [9.17, 15) is 9.59 Å². The number of Topliss-reactive ketones (excluding diaryl/α,β-unsaturated/α-hetero) is 1. The van der Waals surface area contributed by atoms with Gasteiger partial charge in [0.2, 0.25) is 5.78 Å². The molecule has 0 unspecified atom stereocenters. The fraction of sp³-hybridized carbons (Fsp3) is 0.333. The van der Waals surface area contributed by atoms with Crippen molar-refractivity contribution in [2.45, 2.75) is 27.3 Å². The number of rotatable bonds is 6. The van der Waals surface area contributed by atoms with Gasteiger partial charge in [0.15, 0.2) is 6.61 Å². The van der Waals surface area contributed by atoms with E-state index in [0.717, 1.165) is 5.69 Å². The molecule has 0 fully saturated rings. The Kier molecular flexibility index (Phi) is 5.21. The Morgan fingerprint density at radius 3 is 2.35 bits per heavy atom. The molecular formula is C18H21NO4. The van der Waals surface area contributed by atoms with E-state index in [1.54, 1.807) is 23.6 Å². The highest BCUT2D eigenvalue weighted by Crippen LogP contribution is 2.24. The highest BCUT2D eigenvalue weighted by atomic mass is 16.5. The van der Waals surface area contributed by atoms with Crippen LogP contribution in [-0.4, -0.2) is 30.0 Å². The van der Waals surface area contributed by atoms with Gasteiger partial charge in [0.25, 0.3) is 0 Å². The van der Waals surface area contributed by atoms with Gasteiger partial charge < -0.3 is 14.0 Å². The molecule has 0 N–H and O–H groups in total. The predicted molar refractivity (Wildman–Crippen MR) is 87.2 cm³/mol. The van der Waals surface area contributed by atoms with Crippen LogP contribution in [0.1, 0.15) is 39.0 Å². The zero-order chi connectivity index (χ0) is 17.0. The third kappa shape index (κ3) is 3.28. The third-order valence-corrected chi connectivity index (χ3v) is 3.85. The second-order valence-corrected chi connectivity index (χ2v) is 5.19. The van der Waals surface area contributed by atoms with E-state index >= 15 is 0 Å². The number of methoxy groups -OCH3 is 1. The Labute approximate surface area is 135 Å². The van der Waals surface area contributed by atoms with Gasteiger partial charge in [-0.25, -0.2) is 4.79 Å². The van der Waals surface area contributed by atoms with E-state index in [1.807, 2.05) is 32.0 Å². The third-order valence-electron chi connectivity index (χ3n) is 3.85. The zero-order valence-electron chi connectivity index (χ0n) is 13.9. The molecule has 0 spiro atoms. The summed E-state index contributed by atoms with van der Waals surface area (Å²) < 4.78 is 12.2. The lowest BCUT2D eigenvalue weighted by Crippen LogP contribution is -2.13. The highest BCUT2D eigenvalue weighted by Gasteiger charge is 2.26. The van der Waals surface area contributed by atoms with Crippen LogP contribution in [0.25, 0.3) is 0 Å². The van der Waals surface area contributed by atoms with Crippen LogP contribution < -0.4 is 4.74 Å². The Hall–Kier alpha value is -2.56. The molecule has 0 radical (unpaired) electrons. The normalized spacial score (nSPS) is 10.4. The first-order valence-corrected chi connectivity index (χ1v) is 7.50. The van der Waals surface area contributed by atoms with Crippen LogP contribution in [0.15, 0.2) is 30.3 Å². The summed E-state index contributed by atoms with van der Waals surface area (Å²) >= 11 is 0. The van der Waals surface area contributed by atoms with Crippen LogP contribution in [0, 0.1) is 13.8 Å². The number of esters is 1. The zero-order valence-corrected chi connectivity index (χ0v) is 13.9. The van der Waals surface area contributed by atoms with E-state index in [-0.39, 0.29) is 12.4 Å². The number of aromatic nitrogens is 1. The Morgan fingerprint density at radius 1 is 1.13 bits per heavy atom. The van der Waals surface area contributed by atoms with Crippen molar-refractivity contribution in [3.05, 3.63) is 52.8 Å². The minimum Gasteiger partial charge on any atom is -0.485 e. The summed E-state index contributed by atoms with van der Waals surface area (Å²) in [5.41, 5.74) is 2.35. The predicted octanol–water partition coefficient (Wildman–Crippen LogP) is 3.17. The van der Waals surface area contributed by atoms with Crippen molar-refractivity contribution in [1.82, 2.24) is 4.57 Å². The average Bonchev–Trinajstić information content (AvgIpc) is 2.83. The van der Waals surface area contributed by atoms with Crippen LogP contribution >= 0.6 is 0 Å². The molecule has 1 aromatic carbocycles. The van der Waals surface area contributed by atoms with Crippen molar-refractivity contribution in [2.75, 3.05) is 13.7 Å². The van der Waals surface area contributed by atoms with E-state index in [1.165, 1.54) is 7.11 Å². The lowest BCUT2D eigenvalue weighted by Gasteiger charge is -2.07. The summed E-state index contributed by atoms with van der Waals surface area (Å²) in [5.74, 6) is 0.0518. The van der Waals surface area contributed by atoms with Crippen LogP contribution in [0.2, 0.25) is 0 Å². The molecule has 0 atom stereocenters. The number of ketones is 1. The Balaban J connectivity index is 2.30. The van der Waals surface area contributed by atoms with Crippen LogP contribution in [0.3, 0.4) is 0 Å². The summed E-state index contributed by atoms with van der Waals surface area (Å²) in [7, 11) is 1.34. The first-order chi connectivity index (χ1) is 11.0. The average molecular weight is 315 g/mol. The standard InChI is InChI=1S/C18H21NO4/c1-5-19-13(3)16(12(2)17(19)18(21)22-4)15(20)11-23-14-9-7-6-8-10-14/h6-10H,5,11H2,1-4H3. The van der Waals surface area contributed by atoms with Gasteiger partial charge in [-0.2, -0.15) is 0 Å². The lowest BCUT2D eigenvalue weighted by atomic mass is 10.1. The maximum Gasteiger partial charge on any atom is 0.354 e. The Morgan fingerprint density at radius 2 is 1.78 bits per heavy atom. The summed E-state index contributed by atoms with van der Waals surface area (Å²) in [6, 6.07) is 9.17. The second-order valence-electron chi connectivity index (χ2n) is 5.19. The number of hydrogen-bond donors (Lipinski definition) is 0. The molecular weight excluding hydrogens is 294 g/mol. The molecule has 0 aliphatic carbocycles. The van der Waals surface area contributed by atoms with Crippen molar-refractivity contribution < 1.29 is 19.1 Å². The molecule has 122 valence electrons.